The van der Waals surface area contributed by atoms with E-state index in [0.717, 1.165) is 60.7 Å². The molecule has 6 rings (SSSR count). The number of nitrogens with one attached hydrogen (secondary N) is 3. The number of carboxylic acid groups (broad SMARTS) is 1. The molecule has 10 heteroatoms. The Labute approximate surface area is 258 Å². The lowest BCUT2D eigenvalue weighted by Gasteiger charge is -2.60. The van der Waals surface area contributed by atoms with Crippen molar-refractivity contribution in [2.75, 3.05) is 13.2 Å². The van der Waals surface area contributed by atoms with E-state index in [4.69, 9.17) is 4.84 Å². The van der Waals surface area contributed by atoms with Crippen LogP contribution in [-0.4, -0.2) is 64.0 Å². The zero-order chi connectivity index (χ0) is 31.1. The zero-order valence-corrected chi connectivity index (χ0v) is 25.8. The van der Waals surface area contributed by atoms with Gasteiger partial charge in [-0.05, 0) is 104 Å². The molecule has 0 radical (unpaired) electrons. The highest BCUT2D eigenvalue weighted by Gasteiger charge is 2.59. The molecule has 2 amide bonds. The predicted molar refractivity (Wildman–Crippen MR) is 166 cm³/mol. The van der Waals surface area contributed by atoms with Crippen LogP contribution in [0.5, 0.6) is 0 Å². The molecule has 44 heavy (non-hydrogen) atoms. The van der Waals surface area contributed by atoms with Crippen molar-refractivity contribution in [3.05, 3.63) is 36.0 Å². The summed E-state index contributed by atoms with van der Waals surface area (Å²) in [5, 5.41) is 30.6. The highest BCUT2D eigenvalue weighted by Crippen LogP contribution is 2.66. The standard InChI is InChI=1S/C34H46N4O6/c1-33-13-11-22(16-21(33)7-8-24-25-9-10-29(39)34(25,2)14-12-26(24)33)38-44-19-31(41)36-18-30(40)37-28(32(42)43)15-20-17-35-27-6-4-3-5-23(20)27/h3-6,17,21,24-26,28-29,35,39H,7-16,18-19H2,1-2H3,(H,36,41)(H,37,40)(H,42,43)/t21-,24-,25-,26-,28+,29+,33-,34-/m0/s1. The van der Waals surface area contributed by atoms with Crippen LogP contribution in [-0.2, 0) is 25.6 Å². The second kappa shape index (κ2) is 12.2. The number of aromatic nitrogens is 1. The number of carbonyl (C=O) groups excluding carboxylic acids is 2. The number of para-hydroxylation sites is 1. The summed E-state index contributed by atoms with van der Waals surface area (Å²) >= 11 is 0. The second-order valence-corrected chi connectivity index (χ2v) is 14.2. The fraction of sp³-hybridized carbons (Fsp3) is 0.647. The highest BCUT2D eigenvalue weighted by molar-refractivity contribution is 5.89. The van der Waals surface area contributed by atoms with Crippen molar-refractivity contribution in [3.8, 4) is 0 Å². The van der Waals surface area contributed by atoms with E-state index in [1.54, 1.807) is 6.20 Å². The zero-order valence-electron chi connectivity index (χ0n) is 25.8. The monoisotopic (exact) mass is 606 g/mol. The summed E-state index contributed by atoms with van der Waals surface area (Å²) in [6.45, 7) is 4.15. The number of amides is 2. The third-order valence-corrected chi connectivity index (χ3v) is 12.0. The minimum absolute atomic E-state index is 0.0939. The Morgan fingerprint density at radius 2 is 1.84 bits per heavy atom. The van der Waals surface area contributed by atoms with Gasteiger partial charge in [-0.15, -0.1) is 0 Å². The van der Waals surface area contributed by atoms with Gasteiger partial charge in [0.2, 0.25) is 5.91 Å². The molecular weight excluding hydrogens is 560 g/mol. The van der Waals surface area contributed by atoms with Crippen LogP contribution in [0.1, 0.15) is 77.2 Å². The van der Waals surface area contributed by atoms with Crippen LogP contribution in [0.25, 0.3) is 10.9 Å². The number of aromatic amines is 1. The van der Waals surface area contributed by atoms with Gasteiger partial charge in [0.25, 0.3) is 5.91 Å². The van der Waals surface area contributed by atoms with Crippen LogP contribution in [0.3, 0.4) is 0 Å². The molecule has 238 valence electrons. The van der Waals surface area contributed by atoms with Crippen LogP contribution in [0, 0.1) is 34.5 Å². The summed E-state index contributed by atoms with van der Waals surface area (Å²) in [4.78, 5) is 45.2. The van der Waals surface area contributed by atoms with Gasteiger partial charge in [-0.2, -0.15) is 0 Å². The Bertz CT molecular complexity index is 1440. The Morgan fingerprint density at radius 1 is 1.05 bits per heavy atom. The number of fused-ring (bicyclic) bond motifs is 6. The molecule has 0 unspecified atom stereocenters. The van der Waals surface area contributed by atoms with Crippen LogP contribution in [0.2, 0.25) is 0 Å². The molecule has 10 nitrogen and oxygen atoms in total. The van der Waals surface area contributed by atoms with Crippen molar-refractivity contribution in [3.63, 3.8) is 0 Å². The lowest BCUT2D eigenvalue weighted by molar-refractivity contribution is -0.141. The average Bonchev–Trinajstić information content (AvgIpc) is 3.55. The van der Waals surface area contributed by atoms with E-state index in [1.807, 2.05) is 24.3 Å². The molecule has 0 saturated heterocycles. The molecule has 1 aromatic carbocycles. The molecule has 8 atom stereocenters. The van der Waals surface area contributed by atoms with Gasteiger partial charge in [-0.3, -0.25) is 9.59 Å². The van der Waals surface area contributed by atoms with Crippen molar-refractivity contribution in [2.45, 2.75) is 90.2 Å². The summed E-state index contributed by atoms with van der Waals surface area (Å²) < 4.78 is 0. The van der Waals surface area contributed by atoms with Gasteiger partial charge in [0, 0.05) is 23.5 Å². The number of carboxylic acids is 1. The summed E-state index contributed by atoms with van der Waals surface area (Å²) in [6, 6.07) is 6.44. The molecule has 4 fully saturated rings. The number of aliphatic hydroxyl groups excluding tert-OH is 1. The van der Waals surface area contributed by atoms with Crippen LogP contribution in [0.15, 0.2) is 35.6 Å². The summed E-state index contributed by atoms with van der Waals surface area (Å²) in [5.74, 6) is 0.383. The first-order valence-electron chi connectivity index (χ1n) is 16.3. The van der Waals surface area contributed by atoms with E-state index >= 15 is 0 Å². The summed E-state index contributed by atoms with van der Waals surface area (Å²) in [7, 11) is 0. The molecule has 0 bridgehead atoms. The number of oxime groups is 1. The maximum atomic E-state index is 12.5. The number of hydrogen-bond acceptors (Lipinski definition) is 6. The lowest BCUT2D eigenvalue weighted by Crippen LogP contribution is -2.54. The number of carbonyl (C=O) groups is 3. The van der Waals surface area contributed by atoms with Crippen LogP contribution < -0.4 is 10.6 Å². The number of aliphatic carboxylic acids is 1. The van der Waals surface area contributed by atoms with Crippen molar-refractivity contribution in [1.82, 2.24) is 15.6 Å². The number of nitrogens with zero attached hydrogens (tertiary/aromatic N) is 1. The molecule has 1 aromatic heterocycles. The van der Waals surface area contributed by atoms with Gasteiger partial charge in [0.15, 0.2) is 6.61 Å². The normalized spacial score (nSPS) is 34.4. The molecule has 4 aliphatic carbocycles. The van der Waals surface area contributed by atoms with Gasteiger partial charge < -0.3 is 30.7 Å². The molecule has 5 N–H and O–H groups in total. The lowest BCUT2D eigenvalue weighted by atomic mass is 9.45. The molecule has 1 heterocycles. The predicted octanol–water partition coefficient (Wildman–Crippen LogP) is 4.17. The number of hydrogen-bond donors (Lipinski definition) is 5. The van der Waals surface area contributed by atoms with Gasteiger partial charge in [-0.1, -0.05) is 37.2 Å². The first-order chi connectivity index (χ1) is 21.1. The third kappa shape index (κ3) is 5.73. The molecule has 4 saturated carbocycles. The van der Waals surface area contributed by atoms with Gasteiger partial charge >= 0.3 is 5.97 Å². The van der Waals surface area contributed by atoms with Gasteiger partial charge in [0.05, 0.1) is 18.4 Å². The SMILES string of the molecule is C[C@]12CCC(=NOCC(=O)NCC(=O)N[C@H](Cc3c[nH]c4ccccc34)C(=O)O)C[C@@H]1CC[C@@H]1[C@@H]2CC[C@]2(C)[C@H](O)CC[C@@H]12. The van der Waals surface area contributed by atoms with E-state index in [2.05, 4.69) is 34.6 Å². The van der Waals surface area contributed by atoms with Gasteiger partial charge in [0.1, 0.15) is 6.04 Å². The Balaban J connectivity index is 0.951. The summed E-state index contributed by atoms with van der Waals surface area (Å²) in [6.07, 6.45) is 11.4. The van der Waals surface area contributed by atoms with Crippen molar-refractivity contribution < 1.29 is 29.4 Å². The number of benzene rings is 1. The maximum Gasteiger partial charge on any atom is 0.326 e. The minimum Gasteiger partial charge on any atom is -0.480 e. The average molecular weight is 607 g/mol. The second-order valence-electron chi connectivity index (χ2n) is 14.2. The smallest absolute Gasteiger partial charge is 0.326 e. The quantitative estimate of drug-likeness (QED) is 0.270. The Morgan fingerprint density at radius 3 is 2.66 bits per heavy atom. The minimum atomic E-state index is -1.15. The molecule has 2 aromatic rings. The van der Waals surface area contributed by atoms with E-state index in [0.29, 0.717) is 23.7 Å². The Hall–Kier alpha value is -3.40. The van der Waals surface area contributed by atoms with E-state index < -0.39 is 23.8 Å². The largest absolute Gasteiger partial charge is 0.480 e. The molecule has 0 aliphatic heterocycles. The fourth-order valence-corrected chi connectivity index (χ4v) is 9.49. The summed E-state index contributed by atoms with van der Waals surface area (Å²) in [5.41, 5.74) is 3.05. The highest BCUT2D eigenvalue weighted by atomic mass is 16.6. The van der Waals surface area contributed by atoms with Crippen LogP contribution >= 0.6 is 0 Å². The van der Waals surface area contributed by atoms with E-state index in [1.165, 1.54) is 19.3 Å². The van der Waals surface area contributed by atoms with Crippen LogP contribution in [0.4, 0.5) is 0 Å². The Kier molecular flexibility index (Phi) is 8.48. The number of H-pyrrole nitrogens is 1. The molecule has 4 aliphatic rings. The topological polar surface area (TPSA) is 153 Å². The number of aliphatic hydroxyl groups is 1. The fourth-order valence-electron chi connectivity index (χ4n) is 9.49. The van der Waals surface area contributed by atoms with E-state index in [-0.39, 0.29) is 36.5 Å². The van der Waals surface area contributed by atoms with E-state index in [9.17, 15) is 24.6 Å². The van der Waals surface area contributed by atoms with Crippen molar-refractivity contribution in [2.24, 2.45) is 39.7 Å². The first-order valence-corrected chi connectivity index (χ1v) is 16.3. The van der Waals surface area contributed by atoms with Crippen molar-refractivity contribution in [1.29, 1.82) is 0 Å². The molecular formula is C34H46N4O6. The maximum absolute atomic E-state index is 12.5. The first kappa shape index (κ1) is 30.6. The number of rotatable bonds is 9. The molecule has 0 spiro atoms. The van der Waals surface area contributed by atoms with Crippen molar-refractivity contribution >= 4 is 34.4 Å². The third-order valence-electron chi connectivity index (χ3n) is 12.0. The van der Waals surface area contributed by atoms with Gasteiger partial charge in [-0.25, -0.2) is 4.79 Å².